The number of benzene rings is 1. The van der Waals surface area contributed by atoms with Crippen LogP contribution in [0.1, 0.15) is 32.6 Å². The molecule has 29 heavy (non-hydrogen) atoms. The van der Waals surface area contributed by atoms with Crippen molar-refractivity contribution in [1.82, 2.24) is 9.80 Å². The maximum absolute atomic E-state index is 13.8. The summed E-state index contributed by atoms with van der Waals surface area (Å²) in [7, 11) is 0. The third kappa shape index (κ3) is 3.93. The smallest absolute Gasteiger partial charge is 0.245 e. The van der Waals surface area contributed by atoms with Gasteiger partial charge in [0.2, 0.25) is 17.7 Å². The lowest BCUT2D eigenvalue weighted by Crippen LogP contribution is -2.59. The number of nitrogens with zero attached hydrogens (tertiary/aromatic N) is 3. The molecule has 1 atom stereocenters. The van der Waals surface area contributed by atoms with Gasteiger partial charge in [-0.25, -0.2) is 4.39 Å². The third-order valence-electron chi connectivity index (χ3n) is 6.17. The number of nitrogens with one attached hydrogen (secondary N) is 1. The highest BCUT2D eigenvalue weighted by Gasteiger charge is 2.42. The molecule has 3 amide bonds. The molecule has 0 aliphatic carbocycles. The molecular formula is C21H27FN4O3. The van der Waals surface area contributed by atoms with Crippen LogP contribution in [-0.4, -0.2) is 66.3 Å². The van der Waals surface area contributed by atoms with Crippen molar-refractivity contribution in [2.24, 2.45) is 5.92 Å². The number of hydrogen-bond donors (Lipinski definition) is 1. The molecule has 3 aliphatic rings. The Balaban J connectivity index is 1.36. The van der Waals surface area contributed by atoms with E-state index in [1.807, 2.05) is 0 Å². The summed E-state index contributed by atoms with van der Waals surface area (Å²) in [5.41, 5.74) is 1.33. The number of amides is 3. The summed E-state index contributed by atoms with van der Waals surface area (Å²) in [6.45, 7) is 4.56. The Hall–Kier alpha value is -2.64. The topological polar surface area (TPSA) is 73.0 Å². The van der Waals surface area contributed by atoms with Gasteiger partial charge in [0.05, 0.1) is 17.3 Å². The number of halogens is 1. The van der Waals surface area contributed by atoms with Crippen LogP contribution in [0.3, 0.4) is 0 Å². The van der Waals surface area contributed by atoms with Crippen molar-refractivity contribution in [3.63, 3.8) is 0 Å². The van der Waals surface area contributed by atoms with Crippen LogP contribution in [-0.2, 0) is 14.4 Å². The zero-order valence-corrected chi connectivity index (χ0v) is 16.7. The standard InChI is InChI=1S/C21H27FN4O3/c1-14(27)26-10-4-5-19(26)21(29)25-12-15(13-25)20(28)23-17-11-16(22)6-7-18(17)24-8-2-3-9-24/h6-7,11,15,19H,2-5,8-10,12-13H2,1H3,(H,23,28). The lowest BCUT2D eigenvalue weighted by Gasteiger charge is -2.40. The number of likely N-dealkylation sites (tertiary alicyclic amines) is 2. The van der Waals surface area contributed by atoms with Crippen LogP contribution in [0, 0.1) is 11.7 Å². The van der Waals surface area contributed by atoms with Gasteiger partial charge in [0, 0.05) is 39.6 Å². The van der Waals surface area contributed by atoms with Crippen molar-refractivity contribution in [2.45, 2.75) is 38.6 Å². The van der Waals surface area contributed by atoms with Crippen molar-refractivity contribution < 1.29 is 18.8 Å². The highest BCUT2D eigenvalue weighted by molar-refractivity contribution is 5.98. The molecule has 3 aliphatic heterocycles. The summed E-state index contributed by atoms with van der Waals surface area (Å²) in [5.74, 6) is -1.07. The maximum atomic E-state index is 13.8. The summed E-state index contributed by atoms with van der Waals surface area (Å²) in [6, 6.07) is 4.08. The molecule has 1 aromatic carbocycles. The molecule has 156 valence electrons. The quantitative estimate of drug-likeness (QED) is 0.834. The molecule has 3 heterocycles. The van der Waals surface area contributed by atoms with Crippen molar-refractivity contribution >= 4 is 29.1 Å². The number of carbonyl (C=O) groups excluding carboxylic acids is 3. The Morgan fingerprint density at radius 3 is 2.48 bits per heavy atom. The average Bonchev–Trinajstić information content (AvgIpc) is 3.32. The molecule has 7 nitrogen and oxygen atoms in total. The van der Waals surface area contributed by atoms with E-state index in [1.165, 1.54) is 19.1 Å². The van der Waals surface area contributed by atoms with E-state index in [2.05, 4.69) is 10.2 Å². The van der Waals surface area contributed by atoms with Gasteiger partial charge in [-0.15, -0.1) is 0 Å². The fourth-order valence-electron chi connectivity index (χ4n) is 4.51. The van der Waals surface area contributed by atoms with Gasteiger partial charge in [0.1, 0.15) is 11.9 Å². The first-order valence-corrected chi connectivity index (χ1v) is 10.4. The Labute approximate surface area is 169 Å². The maximum Gasteiger partial charge on any atom is 0.245 e. The van der Waals surface area contributed by atoms with Gasteiger partial charge in [-0.05, 0) is 43.9 Å². The molecule has 0 saturated carbocycles. The molecule has 0 radical (unpaired) electrons. The van der Waals surface area contributed by atoms with E-state index in [4.69, 9.17) is 0 Å². The summed E-state index contributed by atoms with van der Waals surface area (Å²) >= 11 is 0. The number of anilines is 2. The van der Waals surface area contributed by atoms with Gasteiger partial charge in [-0.3, -0.25) is 14.4 Å². The number of rotatable bonds is 4. The molecule has 3 fully saturated rings. The Bertz CT molecular complexity index is 818. The molecular weight excluding hydrogens is 375 g/mol. The van der Waals surface area contributed by atoms with Gasteiger partial charge in [0.25, 0.3) is 0 Å². The SMILES string of the molecule is CC(=O)N1CCCC1C(=O)N1CC(C(=O)Nc2cc(F)ccc2N2CCCC2)C1. The number of hydrogen-bond acceptors (Lipinski definition) is 4. The van der Waals surface area contributed by atoms with E-state index >= 15 is 0 Å². The average molecular weight is 402 g/mol. The van der Waals surface area contributed by atoms with E-state index in [-0.39, 0.29) is 29.5 Å². The van der Waals surface area contributed by atoms with Crippen molar-refractivity contribution in [1.29, 1.82) is 0 Å². The van der Waals surface area contributed by atoms with E-state index < -0.39 is 6.04 Å². The van der Waals surface area contributed by atoms with Crippen LogP contribution in [0.25, 0.3) is 0 Å². The van der Waals surface area contributed by atoms with Gasteiger partial charge in [-0.1, -0.05) is 0 Å². The molecule has 0 bridgehead atoms. The van der Waals surface area contributed by atoms with Crippen molar-refractivity contribution in [2.75, 3.05) is 42.9 Å². The highest BCUT2D eigenvalue weighted by Crippen LogP contribution is 2.31. The molecule has 1 N–H and O–H groups in total. The normalized spacial score (nSPS) is 22.0. The minimum absolute atomic E-state index is 0.0785. The van der Waals surface area contributed by atoms with Crippen LogP contribution in [0.2, 0.25) is 0 Å². The lowest BCUT2D eigenvalue weighted by molar-refractivity contribution is -0.149. The third-order valence-corrected chi connectivity index (χ3v) is 6.17. The Morgan fingerprint density at radius 1 is 1.07 bits per heavy atom. The van der Waals surface area contributed by atoms with Crippen LogP contribution in [0.4, 0.5) is 15.8 Å². The largest absolute Gasteiger partial charge is 0.370 e. The zero-order valence-electron chi connectivity index (χ0n) is 16.7. The summed E-state index contributed by atoms with van der Waals surface area (Å²) in [6.07, 6.45) is 3.67. The molecule has 3 saturated heterocycles. The van der Waals surface area contributed by atoms with Crippen LogP contribution in [0.5, 0.6) is 0 Å². The van der Waals surface area contributed by atoms with E-state index in [0.717, 1.165) is 38.0 Å². The molecule has 1 aromatic rings. The minimum atomic E-state index is -0.401. The molecule has 8 heteroatoms. The first kappa shape index (κ1) is 19.7. The van der Waals surface area contributed by atoms with E-state index in [0.29, 0.717) is 31.7 Å². The number of carbonyl (C=O) groups is 3. The molecule has 0 aromatic heterocycles. The highest BCUT2D eigenvalue weighted by atomic mass is 19.1. The van der Waals surface area contributed by atoms with Crippen LogP contribution < -0.4 is 10.2 Å². The second-order valence-electron chi connectivity index (χ2n) is 8.16. The first-order valence-electron chi connectivity index (χ1n) is 10.4. The van der Waals surface area contributed by atoms with Crippen molar-refractivity contribution in [3.05, 3.63) is 24.0 Å². The second kappa shape index (κ2) is 8.00. The minimum Gasteiger partial charge on any atom is -0.370 e. The second-order valence-corrected chi connectivity index (χ2v) is 8.16. The first-order chi connectivity index (χ1) is 13.9. The van der Waals surface area contributed by atoms with Crippen molar-refractivity contribution in [3.8, 4) is 0 Å². The Morgan fingerprint density at radius 2 is 1.79 bits per heavy atom. The predicted octanol–water partition coefficient (Wildman–Crippen LogP) is 1.83. The van der Waals surface area contributed by atoms with Crippen LogP contribution in [0.15, 0.2) is 18.2 Å². The molecule has 1 unspecified atom stereocenters. The summed E-state index contributed by atoms with van der Waals surface area (Å²) in [5, 5.41) is 2.86. The van der Waals surface area contributed by atoms with Gasteiger partial charge < -0.3 is 20.0 Å². The van der Waals surface area contributed by atoms with Gasteiger partial charge in [-0.2, -0.15) is 0 Å². The van der Waals surface area contributed by atoms with E-state index in [9.17, 15) is 18.8 Å². The van der Waals surface area contributed by atoms with E-state index in [1.54, 1.807) is 15.9 Å². The molecule has 0 spiro atoms. The zero-order chi connectivity index (χ0) is 20.5. The lowest BCUT2D eigenvalue weighted by atomic mass is 9.97. The summed E-state index contributed by atoms with van der Waals surface area (Å²) < 4.78 is 13.8. The predicted molar refractivity (Wildman–Crippen MR) is 107 cm³/mol. The fourth-order valence-corrected chi connectivity index (χ4v) is 4.51. The van der Waals surface area contributed by atoms with Crippen LogP contribution >= 0.6 is 0 Å². The molecule has 4 rings (SSSR count). The van der Waals surface area contributed by atoms with Gasteiger partial charge in [0.15, 0.2) is 0 Å². The Kier molecular flexibility index (Phi) is 5.43. The summed E-state index contributed by atoms with van der Waals surface area (Å²) in [4.78, 5) is 42.5. The fraction of sp³-hybridized carbons (Fsp3) is 0.571. The monoisotopic (exact) mass is 402 g/mol. The van der Waals surface area contributed by atoms with Gasteiger partial charge >= 0.3 is 0 Å².